The van der Waals surface area contributed by atoms with E-state index >= 15 is 0 Å². The van der Waals surface area contributed by atoms with E-state index in [-0.39, 0.29) is 36.7 Å². The van der Waals surface area contributed by atoms with E-state index in [4.69, 9.17) is 5.11 Å². The second kappa shape index (κ2) is 9.53. The van der Waals surface area contributed by atoms with Gasteiger partial charge in [0.05, 0.1) is 6.42 Å². The average Bonchev–Trinajstić information content (AvgIpc) is 2.88. The van der Waals surface area contributed by atoms with Crippen molar-refractivity contribution < 1.29 is 19.5 Å². The lowest BCUT2D eigenvalue weighted by Gasteiger charge is -2.26. The fourth-order valence-corrected chi connectivity index (χ4v) is 3.59. The number of benzene rings is 1. The normalized spacial score (nSPS) is 18.0. The third-order valence-electron chi connectivity index (χ3n) is 4.89. The van der Waals surface area contributed by atoms with Gasteiger partial charge in [-0.2, -0.15) is 0 Å². The molecule has 2 rings (SSSR count). The lowest BCUT2D eigenvalue weighted by atomic mass is 10.0. The minimum Gasteiger partial charge on any atom is -0.481 e. The monoisotopic (exact) mass is 374 g/mol. The maximum Gasteiger partial charge on any atom is 0.305 e. The van der Waals surface area contributed by atoms with Crippen molar-refractivity contribution in [1.29, 1.82) is 0 Å². The van der Waals surface area contributed by atoms with E-state index in [1.54, 1.807) is 4.90 Å². The molecule has 148 valence electrons. The summed E-state index contributed by atoms with van der Waals surface area (Å²) in [7, 11) is 0. The molecule has 1 heterocycles. The molecule has 2 unspecified atom stereocenters. The van der Waals surface area contributed by atoms with Gasteiger partial charge in [0.25, 0.3) is 0 Å². The fraction of sp³-hybridized carbons (Fsp3) is 0.571. The number of hydrogen-bond donors (Lipinski definition) is 2. The van der Waals surface area contributed by atoms with E-state index in [1.807, 2.05) is 45.0 Å². The number of hydrogen-bond acceptors (Lipinski definition) is 3. The number of amides is 2. The number of aliphatic carboxylic acids is 1. The molecule has 27 heavy (non-hydrogen) atoms. The van der Waals surface area contributed by atoms with Gasteiger partial charge in [0.15, 0.2) is 0 Å². The summed E-state index contributed by atoms with van der Waals surface area (Å²) >= 11 is 0. The van der Waals surface area contributed by atoms with Crippen LogP contribution < -0.4 is 5.32 Å². The Balaban J connectivity index is 1.96. The number of carboxylic acids is 1. The Morgan fingerprint density at radius 3 is 2.52 bits per heavy atom. The summed E-state index contributed by atoms with van der Waals surface area (Å²) in [5.74, 6) is -0.744. The quantitative estimate of drug-likeness (QED) is 0.696. The van der Waals surface area contributed by atoms with Gasteiger partial charge in [0, 0.05) is 31.5 Å². The van der Waals surface area contributed by atoms with Gasteiger partial charge < -0.3 is 15.3 Å². The number of rotatable bonds is 9. The maximum atomic E-state index is 12.5. The lowest BCUT2D eigenvalue weighted by molar-refractivity contribution is -0.137. The molecule has 0 spiro atoms. The van der Waals surface area contributed by atoms with Crippen LogP contribution in [0.1, 0.15) is 57.1 Å². The maximum absolute atomic E-state index is 12.5. The summed E-state index contributed by atoms with van der Waals surface area (Å²) < 4.78 is 0. The van der Waals surface area contributed by atoms with Crippen LogP contribution in [0, 0.1) is 12.8 Å². The Morgan fingerprint density at radius 1 is 1.26 bits per heavy atom. The van der Waals surface area contributed by atoms with Crippen molar-refractivity contribution in [2.75, 3.05) is 0 Å². The number of nitrogens with one attached hydrogen (secondary N) is 1. The first-order valence-electron chi connectivity index (χ1n) is 9.60. The van der Waals surface area contributed by atoms with Gasteiger partial charge in [0.2, 0.25) is 11.8 Å². The van der Waals surface area contributed by atoms with Crippen LogP contribution >= 0.6 is 0 Å². The molecule has 6 nitrogen and oxygen atoms in total. The topological polar surface area (TPSA) is 86.7 Å². The van der Waals surface area contributed by atoms with Gasteiger partial charge in [-0.15, -0.1) is 0 Å². The van der Waals surface area contributed by atoms with Gasteiger partial charge in [0.1, 0.15) is 0 Å². The van der Waals surface area contributed by atoms with Crippen molar-refractivity contribution >= 4 is 17.8 Å². The van der Waals surface area contributed by atoms with Gasteiger partial charge in [-0.25, -0.2) is 0 Å². The highest BCUT2D eigenvalue weighted by molar-refractivity contribution is 5.82. The van der Waals surface area contributed by atoms with E-state index in [0.717, 1.165) is 11.1 Å². The molecule has 1 saturated heterocycles. The number of carbonyl (C=O) groups excluding carboxylic acids is 2. The summed E-state index contributed by atoms with van der Waals surface area (Å²) in [5, 5.41) is 11.9. The van der Waals surface area contributed by atoms with Gasteiger partial charge in [-0.3, -0.25) is 14.4 Å². The van der Waals surface area contributed by atoms with Crippen molar-refractivity contribution in [3.05, 3.63) is 35.4 Å². The van der Waals surface area contributed by atoms with Gasteiger partial charge in [-0.05, 0) is 31.2 Å². The number of carbonyl (C=O) groups is 3. The molecule has 1 aromatic rings. The highest BCUT2D eigenvalue weighted by Crippen LogP contribution is 2.24. The number of nitrogens with zero attached hydrogens (tertiary/aromatic N) is 1. The van der Waals surface area contributed by atoms with Crippen LogP contribution in [-0.4, -0.2) is 39.9 Å². The Morgan fingerprint density at radius 2 is 1.93 bits per heavy atom. The smallest absolute Gasteiger partial charge is 0.305 e. The predicted molar refractivity (Wildman–Crippen MR) is 103 cm³/mol. The second-order valence-corrected chi connectivity index (χ2v) is 7.90. The molecule has 0 bridgehead atoms. The molecule has 2 atom stereocenters. The molecular formula is C21H30N2O4. The summed E-state index contributed by atoms with van der Waals surface area (Å²) in [5.41, 5.74) is 2.21. The Hall–Kier alpha value is -2.37. The molecule has 1 fully saturated rings. The van der Waals surface area contributed by atoms with E-state index in [0.29, 0.717) is 31.7 Å². The number of aryl methyl sites for hydroxylation is 1. The van der Waals surface area contributed by atoms with Crippen molar-refractivity contribution in [1.82, 2.24) is 10.2 Å². The minimum atomic E-state index is -0.919. The van der Waals surface area contributed by atoms with Crippen molar-refractivity contribution in [2.45, 2.75) is 71.5 Å². The predicted octanol–water partition coefficient (Wildman–Crippen LogP) is 2.88. The summed E-state index contributed by atoms with van der Waals surface area (Å²) in [6.07, 6.45) is 1.86. The first kappa shape index (κ1) is 20.9. The highest BCUT2D eigenvalue weighted by atomic mass is 16.4. The van der Waals surface area contributed by atoms with Crippen LogP contribution in [0.4, 0.5) is 0 Å². The SMILES string of the molecule is Cc1ccc(CN2C(=O)CCC2CC(=O)NC(CC(=O)O)CC(C)C)cc1. The van der Waals surface area contributed by atoms with Crippen LogP contribution in [0.2, 0.25) is 0 Å². The zero-order valence-corrected chi connectivity index (χ0v) is 16.4. The van der Waals surface area contributed by atoms with E-state index < -0.39 is 5.97 Å². The van der Waals surface area contributed by atoms with Crippen molar-refractivity contribution in [3.63, 3.8) is 0 Å². The Labute approximate surface area is 160 Å². The summed E-state index contributed by atoms with van der Waals surface area (Å²) in [4.78, 5) is 37.6. The lowest BCUT2D eigenvalue weighted by Crippen LogP contribution is -2.41. The first-order chi connectivity index (χ1) is 12.7. The zero-order valence-electron chi connectivity index (χ0n) is 16.4. The third-order valence-corrected chi connectivity index (χ3v) is 4.89. The van der Waals surface area contributed by atoms with Gasteiger partial charge >= 0.3 is 5.97 Å². The fourth-order valence-electron chi connectivity index (χ4n) is 3.59. The Bertz CT molecular complexity index is 669. The molecular weight excluding hydrogens is 344 g/mol. The molecule has 0 saturated carbocycles. The number of carboxylic acid groups (broad SMARTS) is 1. The standard InChI is InChI=1S/C21H30N2O4/c1-14(2)10-17(11-21(26)27)22-19(24)12-18-8-9-20(25)23(18)13-16-6-4-15(3)5-7-16/h4-7,14,17-18H,8-13H2,1-3H3,(H,22,24)(H,26,27). The number of likely N-dealkylation sites (tertiary alicyclic amines) is 1. The summed E-state index contributed by atoms with van der Waals surface area (Å²) in [6, 6.07) is 7.52. The molecule has 1 aromatic carbocycles. The first-order valence-corrected chi connectivity index (χ1v) is 9.60. The van der Waals surface area contributed by atoms with E-state index in [9.17, 15) is 14.4 Å². The van der Waals surface area contributed by atoms with E-state index in [2.05, 4.69) is 5.32 Å². The van der Waals surface area contributed by atoms with Gasteiger partial charge in [-0.1, -0.05) is 43.7 Å². The second-order valence-electron chi connectivity index (χ2n) is 7.90. The molecule has 0 aromatic heterocycles. The molecule has 0 aliphatic carbocycles. The zero-order chi connectivity index (χ0) is 20.0. The molecule has 1 aliphatic heterocycles. The molecule has 0 radical (unpaired) electrons. The molecule has 2 amide bonds. The Kier molecular flexibility index (Phi) is 7.39. The molecule has 2 N–H and O–H groups in total. The largest absolute Gasteiger partial charge is 0.481 e. The van der Waals surface area contributed by atoms with Crippen molar-refractivity contribution in [2.24, 2.45) is 5.92 Å². The molecule has 6 heteroatoms. The van der Waals surface area contributed by atoms with Crippen LogP contribution in [0.15, 0.2) is 24.3 Å². The van der Waals surface area contributed by atoms with Crippen LogP contribution in [0.25, 0.3) is 0 Å². The van der Waals surface area contributed by atoms with Crippen molar-refractivity contribution in [3.8, 4) is 0 Å². The van der Waals surface area contributed by atoms with E-state index in [1.165, 1.54) is 0 Å². The average molecular weight is 374 g/mol. The van der Waals surface area contributed by atoms with Crippen LogP contribution in [0.5, 0.6) is 0 Å². The van der Waals surface area contributed by atoms with Crippen LogP contribution in [0.3, 0.4) is 0 Å². The third kappa shape index (κ3) is 6.70. The minimum absolute atomic E-state index is 0.0673. The highest BCUT2D eigenvalue weighted by Gasteiger charge is 2.32. The summed E-state index contributed by atoms with van der Waals surface area (Å²) in [6.45, 7) is 6.52. The molecule has 1 aliphatic rings. The van der Waals surface area contributed by atoms with Crippen LogP contribution in [-0.2, 0) is 20.9 Å².